The maximum absolute atomic E-state index is 12.0. The first-order valence-electron chi connectivity index (χ1n) is 6.43. The molecule has 102 valence electrons. The van der Waals surface area contributed by atoms with Gasteiger partial charge in [0.25, 0.3) is 5.91 Å². The highest BCUT2D eigenvalue weighted by Gasteiger charge is 2.14. The second-order valence-corrected chi connectivity index (χ2v) is 5.01. The topological polar surface area (TPSA) is 46.9 Å². The van der Waals surface area contributed by atoms with Crippen LogP contribution in [0.4, 0.5) is 0 Å². The molecule has 1 heterocycles. The second kappa shape index (κ2) is 7.41. The molecule has 1 rings (SSSR count). The lowest BCUT2D eigenvalue weighted by Crippen LogP contribution is -2.30. The van der Waals surface area contributed by atoms with Crippen molar-refractivity contribution in [3.05, 3.63) is 17.5 Å². The van der Waals surface area contributed by atoms with Gasteiger partial charge in [0.05, 0.1) is 5.69 Å². The molecule has 1 N–H and O–H groups in total. The average Bonchev–Trinajstić information content (AvgIpc) is 2.65. The number of carbonyl (C=O) groups excluding carboxylic acids is 1. The Morgan fingerprint density at radius 3 is 2.78 bits per heavy atom. The molecule has 1 amide bonds. The Balaban J connectivity index is 2.51. The van der Waals surface area contributed by atoms with Gasteiger partial charge in [0, 0.05) is 19.5 Å². The normalized spacial score (nSPS) is 12.4. The fourth-order valence-electron chi connectivity index (χ4n) is 2.06. The summed E-state index contributed by atoms with van der Waals surface area (Å²) in [7, 11) is 1.78. The summed E-state index contributed by atoms with van der Waals surface area (Å²) in [6, 6.07) is 1.80. The number of alkyl halides is 1. The molecule has 0 saturated carbocycles. The number of aryl methyl sites for hydroxylation is 2. The Labute approximate surface area is 114 Å². The van der Waals surface area contributed by atoms with Crippen LogP contribution in [0, 0.1) is 12.8 Å². The average molecular weight is 272 g/mol. The van der Waals surface area contributed by atoms with E-state index in [2.05, 4.69) is 17.3 Å². The zero-order chi connectivity index (χ0) is 13.5. The van der Waals surface area contributed by atoms with Crippen LogP contribution in [-0.2, 0) is 7.05 Å². The third kappa shape index (κ3) is 4.33. The van der Waals surface area contributed by atoms with Gasteiger partial charge in [0.1, 0.15) is 5.69 Å². The van der Waals surface area contributed by atoms with Gasteiger partial charge in [-0.25, -0.2) is 0 Å². The maximum atomic E-state index is 12.0. The summed E-state index contributed by atoms with van der Waals surface area (Å²) in [6.07, 6.45) is 3.15. The molecule has 0 aliphatic heterocycles. The Morgan fingerprint density at radius 1 is 1.56 bits per heavy atom. The fraction of sp³-hybridized carbons (Fsp3) is 0.692. The van der Waals surface area contributed by atoms with E-state index in [0.29, 0.717) is 24.0 Å². The monoisotopic (exact) mass is 271 g/mol. The summed E-state index contributed by atoms with van der Waals surface area (Å²) < 4.78 is 1.61. The van der Waals surface area contributed by atoms with E-state index in [1.165, 1.54) is 0 Å². The van der Waals surface area contributed by atoms with Gasteiger partial charge in [-0.15, -0.1) is 11.6 Å². The van der Waals surface area contributed by atoms with E-state index < -0.39 is 0 Å². The number of carbonyl (C=O) groups is 1. The number of halogens is 1. The van der Waals surface area contributed by atoms with Crippen molar-refractivity contribution in [3.8, 4) is 0 Å². The summed E-state index contributed by atoms with van der Waals surface area (Å²) in [5.41, 5.74) is 1.46. The Morgan fingerprint density at radius 2 is 2.28 bits per heavy atom. The number of rotatable bonds is 7. The van der Waals surface area contributed by atoms with E-state index in [9.17, 15) is 4.79 Å². The molecule has 5 heteroatoms. The molecular formula is C13H22ClN3O. The predicted octanol–water partition coefficient (Wildman–Crippen LogP) is 2.50. The van der Waals surface area contributed by atoms with Crippen molar-refractivity contribution in [2.24, 2.45) is 13.0 Å². The first kappa shape index (κ1) is 15.0. The predicted molar refractivity (Wildman–Crippen MR) is 74.0 cm³/mol. The van der Waals surface area contributed by atoms with Crippen LogP contribution in [-0.4, -0.2) is 28.1 Å². The van der Waals surface area contributed by atoms with Gasteiger partial charge in [0.15, 0.2) is 0 Å². The molecule has 1 atom stereocenters. The molecule has 0 aliphatic rings. The standard InChI is InChI=1S/C13H22ClN3O/c1-4-5-11(6-7-14)9-15-13(18)12-8-10(2)16-17(12)3/h8,11H,4-7,9H2,1-3H3,(H,15,18). The van der Waals surface area contributed by atoms with E-state index in [0.717, 1.165) is 25.0 Å². The number of nitrogens with zero attached hydrogens (tertiary/aromatic N) is 2. The van der Waals surface area contributed by atoms with Gasteiger partial charge in [-0.1, -0.05) is 13.3 Å². The Kier molecular flexibility index (Phi) is 6.19. The lowest BCUT2D eigenvalue weighted by atomic mass is 10.0. The van der Waals surface area contributed by atoms with Crippen molar-refractivity contribution in [3.63, 3.8) is 0 Å². The van der Waals surface area contributed by atoms with E-state index in [1.54, 1.807) is 17.8 Å². The van der Waals surface area contributed by atoms with Gasteiger partial charge in [-0.2, -0.15) is 5.10 Å². The van der Waals surface area contributed by atoms with Gasteiger partial charge in [-0.05, 0) is 31.7 Å². The highest BCUT2D eigenvalue weighted by atomic mass is 35.5. The van der Waals surface area contributed by atoms with Gasteiger partial charge in [-0.3, -0.25) is 9.48 Å². The highest BCUT2D eigenvalue weighted by molar-refractivity contribution is 6.17. The molecule has 0 aliphatic carbocycles. The molecule has 0 saturated heterocycles. The Hall–Kier alpha value is -1.03. The van der Waals surface area contributed by atoms with Crippen molar-refractivity contribution in [2.75, 3.05) is 12.4 Å². The van der Waals surface area contributed by atoms with E-state index in [-0.39, 0.29) is 5.91 Å². The van der Waals surface area contributed by atoms with Crippen LogP contribution in [0.15, 0.2) is 6.07 Å². The molecule has 1 aromatic rings. The molecule has 4 nitrogen and oxygen atoms in total. The summed E-state index contributed by atoms with van der Waals surface area (Å²) in [5.74, 6) is 1.05. The number of hydrogen-bond acceptors (Lipinski definition) is 2. The molecule has 0 bridgehead atoms. The molecule has 0 radical (unpaired) electrons. The summed E-state index contributed by atoms with van der Waals surface area (Å²) in [5, 5.41) is 7.13. The van der Waals surface area contributed by atoms with Gasteiger partial charge < -0.3 is 5.32 Å². The summed E-state index contributed by atoms with van der Waals surface area (Å²) in [4.78, 5) is 12.0. The van der Waals surface area contributed by atoms with Crippen molar-refractivity contribution >= 4 is 17.5 Å². The zero-order valence-electron chi connectivity index (χ0n) is 11.4. The van der Waals surface area contributed by atoms with Crippen LogP contribution < -0.4 is 5.32 Å². The summed E-state index contributed by atoms with van der Waals surface area (Å²) >= 11 is 5.77. The second-order valence-electron chi connectivity index (χ2n) is 4.64. The highest BCUT2D eigenvalue weighted by Crippen LogP contribution is 2.11. The lowest BCUT2D eigenvalue weighted by Gasteiger charge is -2.15. The van der Waals surface area contributed by atoms with E-state index >= 15 is 0 Å². The molecular weight excluding hydrogens is 250 g/mol. The van der Waals surface area contributed by atoms with Crippen molar-refractivity contribution < 1.29 is 4.79 Å². The Bertz CT molecular complexity index is 384. The lowest BCUT2D eigenvalue weighted by molar-refractivity contribution is 0.0936. The number of aromatic nitrogens is 2. The van der Waals surface area contributed by atoms with Crippen molar-refractivity contribution in [2.45, 2.75) is 33.1 Å². The molecule has 0 aromatic carbocycles. The van der Waals surface area contributed by atoms with Crippen LogP contribution in [0.3, 0.4) is 0 Å². The molecule has 0 spiro atoms. The van der Waals surface area contributed by atoms with Crippen molar-refractivity contribution in [1.82, 2.24) is 15.1 Å². The SMILES string of the molecule is CCCC(CCCl)CNC(=O)c1cc(C)nn1C. The van der Waals surface area contributed by atoms with Crippen LogP contribution in [0.25, 0.3) is 0 Å². The third-order valence-electron chi connectivity index (χ3n) is 3.00. The quantitative estimate of drug-likeness (QED) is 0.775. The minimum Gasteiger partial charge on any atom is -0.350 e. The fourth-order valence-corrected chi connectivity index (χ4v) is 2.37. The van der Waals surface area contributed by atoms with Gasteiger partial charge in [0.2, 0.25) is 0 Å². The number of hydrogen-bond donors (Lipinski definition) is 1. The molecule has 0 fully saturated rings. The van der Waals surface area contributed by atoms with E-state index in [1.807, 2.05) is 6.92 Å². The maximum Gasteiger partial charge on any atom is 0.269 e. The van der Waals surface area contributed by atoms with E-state index in [4.69, 9.17) is 11.6 Å². The molecule has 1 aromatic heterocycles. The minimum absolute atomic E-state index is 0.0613. The van der Waals surface area contributed by atoms with Gasteiger partial charge >= 0.3 is 0 Å². The van der Waals surface area contributed by atoms with Crippen LogP contribution in [0.1, 0.15) is 42.4 Å². The number of amides is 1. The van der Waals surface area contributed by atoms with Crippen molar-refractivity contribution in [1.29, 1.82) is 0 Å². The largest absolute Gasteiger partial charge is 0.350 e. The summed E-state index contributed by atoms with van der Waals surface area (Å²) in [6.45, 7) is 4.71. The van der Waals surface area contributed by atoms with Crippen LogP contribution >= 0.6 is 11.6 Å². The molecule has 18 heavy (non-hydrogen) atoms. The first-order valence-corrected chi connectivity index (χ1v) is 6.96. The zero-order valence-corrected chi connectivity index (χ0v) is 12.1. The first-order chi connectivity index (χ1) is 8.58. The molecule has 1 unspecified atom stereocenters. The number of nitrogens with one attached hydrogen (secondary N) is 1. The van der Waals surface area contributed by atoms with Crippen LogP contribution in [0.2, 0.25) is 0 Å². The third-order valence-corrected chi connectivity index (χ3v) is 3.22. The van der Waals surface area contributed by atoms with Crippen LogP contribution in [0.5, 0.6) is 0 Å². The smallest absolute Gasteiger partial charge is 0.269 e. The minimum atomic E-state index is -0.0613.